The normalized spacial score (nSPS) is 11.5. The van der Waals surface area contributed by atoms with Crippen LogP contribution >= 0.6 is 0 Å². The summed E-state index contributed by atoms with van der Waals surface area (Å²) in [5, 5.41) is 17.3. The van der Waals surface area contributed by atoms with Crippen molar-refractivity contribution in [3.8, 4) is 0 Å². The van der Waals surface area contributed by atoms with Gasteiger partial charge in [0.2, 0.25) is 6.33 Å². The molecule has 0 spiro atoms. The van der Waals surface area contributed by atoms with Gasteiger partial charge in [-0.05, 0) is 13.3 Å². The largest absolute Gasteiger partial charge is 0.547 e. The molecule has 98 valence electrons. The maximum Gasteiger partial charge on any atom is 0.243 e. The summed E-state index contributed by atoms with van der Waals surface area (Å²) in [5.74, 6) is -1.44. The standard InChI is InChI=1S/C8H14N2O.C3H6O3/c1-2-3-6-11-8-10-5-4-9-7-10;1-2(4)3(5)6/h4-5,7H,2-3,6,8H2,1H3;2,4H,1H3,(H,5,6). The number of carbonyl (C=O) groups excluding carboxylic acids is 1. The summed E-state index contributed by atoms with van der Waals surface area (Å²) in [4.78, 5) is 12.3. The molecule has 1 heterocycles. The van der Waals surface area contributed by atoms with E-state index in [0.717, 1.165) is 20.0 Å². The van der Waals surface area contributed by atoms with Crippen molar-refractivity contribution in [1.82, 2.24) is 4.98 Å². The van der Waals surface area contributed by atoms with Gasteiger partial charge in [-0.25, -0.2) is 4.57 Å². The highest BCUT2D eigenvalue weighted by Gasteiger charge is 1.94. The van der Waals surface area contributed by atoms with Crippen molar-refractivity contribution in [2.75, 3.05) is 6.61 Å². The molecule has 0 saturated heterocycles. The second kappa shape index (κ2) is 9.80. The van der Waals surface area contributed by atoms with Gasteiger partial charge < -0.3 is 19.7 Å². The zero-order valence-corrected chi connectivity index (χ0v) is 10.3. The molecule has 17 heavy (non-hydrogen) atoms. The average molecular weight is 244 g/mol. The number of unbranched alkanes of at least 4 members (excludes halogenated alkanes) is 1. The zero-order valence-electron chi connectivity index (χ0n) is 10.3. The van der Waals surface area contributed by atoms with Crippen LogP contribution in [0.3, 0.4) is 0 Å². The number of H-pyrrole nitrogens is 1. The van der Waals surface area contributed by atoms with Gasteiger partial charge in [0, 0.05) is 0 Å². The van der Waals surface area contributed by atoms with Gasteiger partial charge in [-0.1, -0.05) is 13.3 Å². The Morgan fingerprint density at radius 1 is 1.65 bits per heavy atom. The Balaban J connectivity index is 0.000000366. The van der Waals surface area contributed by atoms with Gasteiger partial charge in [0.15, 0.2) is 6.73 Å². The summed E-state index contributed by atoms with van der Waals surface area (Å²) in [6, 6.07) is 0. The van der Waals surface area contributed by atoms with Crippen molar-refractivity contribution < 1.29 is 24.3 Å². The van der Waals surface area contributed by atoms with Crippen molar-refractivity contribution in [2.45, 2.75) is 39.5 Å². The summed E-state index contributed by atoms with van der Waals surface area (Å²) in [7, 11) is 0. The zero-order chi connectivity index (χ0) is 13.1. The molecule has 0 aromatic carbocycles. The molecule has 6 heteroatoms. The van der Waals surface area contributed by atoms with Crippen LogP contribution in [-0.2, 0) is 16.3 Å². The summed E-state index contributed by atoms with van der Waals surface area (Å²) in [5.41, 5.74) is 0. The number of aromatic nitrogens is 2. The molecule has 6 nitrogen and oxygen atoms in total. The third-order valence-electron chi connectivity index (χ3n) is 1.83. The van der Waals surface area contributed by atoms with Gasteiger partial charge in [0.05, 0.1) is 18.7 Å². The van der Waals surface area contributed by atoms with E-state index in [-0.39, 0.29) is 0 Å². The lowest BCUT2D eigenvalue weighted by Gasteiger charge is -2.00. The number of carbonyl (C=O) groups is 1. The Labute approximate surface area is 101 Å². The van der Waals surface area contributed by atoms with E-state index in [1.165, 1.54) is 6.42 Å². The van der Waals surface area contributed by atoms with Gasteiger partial charge in [-0.2, -0.15) is 0 Å². The van der Waals surface area contributed by atoms with Crippen LogP contribution in [0.4, 0.5) is 0 Å². The number of aliphatic carboxylic acids is 1. The Morgan fingerprint density at radius 3 is 2.71 bits per heavy atom. The minimum atomic E-state index is -1.44. The number of nitrogens with zero attached hydrogens (tertiary/aromatic N) is 1. The molecule has 1 aromatic heterocycles. The van der Waals surface area contributed by atoms with E-state index in [9.17, 15) is 9.90 Å². The Bertz CT molecular complexity index is 286. The molecule has 1 aromatic rings. The van der Waals surface area contributed by atoms with Crippen LogP contribution in [0.5, 0.6) is 0 Å². The number of hydrogen-bond donors (Lipinski definition) is 2. The van der Waals surface area contributed by atoms with E-state index in [1.807, 2.05) is 23.3 Å². The third kappa shape index (κ3) is 9.52. The smallest absolute Gasteiger partial charge is 0.243 e. The van der Waals surface area contributed by atoms with E-state index < -0.39 is 12.1 Å². The van der Waals surface area contributed by atoms with Crippen LogP contribution in [0.1, 0.15) is 26.7 Å². The minimum Gasteiger partial charge on any atom is -0.547 e. The number of aliphatic hydroxyl groups is 1. The van der Waals surface area contributed by atoms with E-state index >= 15 is 0 Å². The molecule has 0 aliphatic carbocycles. The Kier molecular flexibility index (Phi) is 8.99. The number of imidazole rings is 1. The molecule has 1 rings (SSSR count). The van der Waals surface area contributed by atoms with Gasteiger partial charge >= 0.3 is 0 Å². The molecule has 0 saturated carbocycles. The van der Waals surface area contributed by atoms with E-state index in [2.05, 4.69) is 11.9 Å². The predicted octanol–water partition coefficient (Wildman–Crippen LogP) is -0.806. The quantitative estimate of drug-likeness (QED) is 0.506. The SMILES string of the molecule is CC(O)C(=O)[O-].CCCCOC[n+]1cc[nH]c1. The molecule has 0 aliphatic rings. The highest BCUT2D eigenvalue weighted by molar-refractivity contribution is 5.68. The maximum atomic E-state index is 9.34. The number of hydrogen-bond acceptors (Lipinski definition) is 4. The summed E-state index contributed by atoms with van der Waals surface area (Å²) in [6.45, 7) is 4.81. The average Bonchev–Trinajstić information content (AvgIpc) is 2.78. The first-order chi connectivity index (χ1) is 8.07. The third-order valence-corrected chi connectivity index (χ3v) is 1.83. The summed E-state index contributed by atoms with van der Waals surface area (Å²) in [6.07, 6.45) is 6.70. The first kappa shape index (κ1) is 15.6. The number of ether oxygens (including phenoxy) is 1. The van der Waals surface area contributed by atoms with E-state index in [4.69, 9.17) is 9.84 Å². The maximum absolute atomic E-state index is 9.34. The number of nitrogens with one attached hydrogen (secondary N) is 1. The fourth-order valence-electron chi connectivity index (χ4n) is 0.817. The fraction of sp³-hybridized carbons (Fsp3) is 0.636. The fourth-order valence-corrected chi connectivity index (χ4v) is 0.817. The lowest BCUT2D eigenvalue weighted by atomic mass is 10.4. The number of aliphatic hydroxyl groups excluding tert-OH is 1. The number of aromatic amines is 1. The first-order valence-corrected chi connectivity index (χ1v) is 5.56. The molecule has 1 unspecified atom stereocenters. The predicted molar refractivity (Wildman–Crippen MR) is 58.5 cm³/mol. The Morgan fingerprint density at radius 2 is 2.29 bits per heavy atom. The lowest BCUT2D eigenvalue weighted by molar-refractivity contribution is -0.731. The van der Waals surface area contributed by atoms with Gasteiger partial charge in [-0.3, -0.25) is 4.98 Å². The molecule has 0 amide bonds. The van der Waals surface area contributed by atoms with Crippen molar-refractivity contribution in [3.05, 3.63) is 18.7 Å². The first-order valence-electron chi connectivity index (χ1n) is 5.56. The molecule has 1 atom stereocenters. The molecule has 0 radical (unpaired) electrons. The summed E-state index contributed by atoms with van der Waals surface area (Å²) < 4.78 is 7.33. The Hall–Kier alpha value is -1.40. The van der Waals surface area contributed by atoms with Gasteiger partial charge in [-0.15, -0.1) is 0 Å². The molecular weight excluding hydrogens is 224 g/mol. The molecule has 2 N–H and O–H groups in total. The van der Waals surface area contributed by atoms with Crippen LogP contribution in [0.25, 0.3) is 0 Å². The van der Waals surface area contributed by atoms with Crippen LogP contribution in [0, 0.1) is 0 Å². The highest BCUT2D eigenvalue weighted by Crippen LogP contribution is 1.86. The van der Waals surface area contributed by atoms with Crippen molar-refractivity contribution in [2.24, 2.45) is 0 Å². The monoisotopic (exact) mass is 244 g/mol. The second-order valence-corrected chi connectivity index (χ2v) is 3.51. The molecular formula is C11H20N2O4. The van der Waals surface area contributed by atoms with Crippen LogP contribution in [-0.4, -0.2) is 28.8 Å². The highest BCUT2D eigenvalue weighted by atomic mass is 16.5. The molecule has 0 bridgehead atoms. The van der Waals surface area contributed by atoms with Crippen molar-refractivity contribution in [1.29, 1.82) is 0 Å². The van der Waals surface area contributed by atoms with Crippen LogP contribution < -0.4 is 9.67 Å². The molecule has 0 aliphatic heterocycles. The number of rotatable bonds is 6. The second-order valence-electron chi connectivity index (χ2n) is 3.51. The van der Waals surface area contributed by atoms with E-state index in [0.29, 0.717) is 6.73 Å². The minimum absolute atomic E-state index is 0.656. The van der Waals surface area contributed by atoms with Crippen molar-refractivity contribution in [3.63, 3.8) is 0 Å². The van der Waals surface area contributed by atoms with Gasteiger partial charge in [0.25, 0.3) is 0 Å². The van der Waals surface area contributed by atoms with Crippen LogP contribution in [0.15, 0.2) is 18.7 Å². The van der Waals surface area contributed by atoms with Gasteiger partial charge in [0.1, 0.15) is 12.4 Å². The molecule has 0 fully saturated rings. The van der Waals surface area contributed by atoms with Crippen LogP contribution in [0.2, 0.25) is 0 Å². The summed E-state index contributed by atoms with van der Waals surface area (Å²) >= 11 is 0. The number of carboxylic acids is 1. The number of carboxylic acid groups (broad SMARTS) is 1. The topological polar surface area (TPSA) is 89.3 Å². The van der Waals surface area contributed by atoms with E-state index in [1.54, 1.807) is 0 Å². The van der Waals surface area contributed by atoms with Crippen molar-refractivity contribution >= 4 is 5.97 Å². The lowest BCUT2D eigenvalue weighted by Crippen LogP contribution is -2.32.